The predicted molar refractivity (Wildman–Crippen MR) is 77.7 cm³/mol. The molecule has 2 rings (SSSR count). The molecule has 2 aromatic carbocycles. The Kier molecular flexibility index (Phi) is 4.52. The van der Waals surface area contributed by atoms with Crippen LogP contribution >= 0.6 is 0 Å². The van der Waals surface area contributed by atoms with Gasteiger partial charge in [-0.15, -0.1) is 0 Å². The highest BCUT2D eigenvalue weighted by atomic mass is 16.4. The lowest BCUT2D eigenvalue weighted by Gasteiger charge is -2.13. The number of aliphatic carboxylic acids is 1. The van der Waals surface area contributed by atoms with Crippen molar-refractivity contribution < 1.29 is 14.7 Å². The van der Waals surface area contributed by atoms with E-state index < -0.39 is 17.9 Å². The Morgan fingerprint density at radius 3 is 2.57 bits per heavy atom. The minimum atomic E-state index is -1.14. The van der Waals surface area contributed by atoms with Crippen LogP contribution in [0.25, 0.3) is 10.8 Å². The van der Waals surface area contributed by atoms with E-state index in [0.29, 0.717) is 5.56 Å². The first kappa shape index (κ1) is 14.5. The van der Waals surface area contributed by atoms with Gasteiger partial charge in [0.2, 0.25) is 0 Å². The van der Waals surface area contributed by atoms with Gasteiger partial charge in [-0.25, -0.2) is 4.79 Å². The molecule has 0 spiro atoms. The number of hydrogen-bond acceptors (Lipinski definition) is 3. The van der Waals surface area contributed by atoms with Crippen LogP contribution in [0.15, 0.2) is 42.5 Å². The monoisotopic (exact) mass is 282 g/mol. The summed E-state index contributed by atoms with van der Waals surface area (Å²) in [6.45, 7) is 0. The van der Waals surface area contributed by atoms with Gasteiger partial charge in [0.05, 0.1) is 6.07 Å². The van der Waals surface area contributed by atoms with Gasteiger partial charge in [0.25, 0.3) is 5.91 Å². The topological polar surface area (TPSA) is 90.2 Å². The highest BCUT2D eigenvalue weighted by Gasteiger charge is 2.20. The maximum atomic E-state index is 12.1. The van der Waals surface area contributed by atoms with E-state index >= 15 is 0 Å². The number of benzene rings is 2. The van der Waals surface area contributed by atoms with Crippen molar-refractivity contribution in [3.8, 4) is 6.07 Å². The van der Waals surface area contributed by atoms with E-state index in [1.807, 2.05) is 36.4 Å². The van der Waals surface area contributed by atoms with Gasteiger partial charge in [-0.2, -0.15) is 5.26 Å². The maximum Gasteiger partial charge on any atom is 0.326 e. The highest BCUT2D eigenvalue weighted by molar-refractivity contribution is 6.00. The Bertz CT molecular complexity index is 719. The van der Waals surface area contributed by atoms with Crippen LogP contribution in [0.1, 0.15) is 23.2 Å². The third-order valence-electron chi connectivity index (χ3n) is 3.16. The third-order valence-corrected chi connectivity index (χ3v) is 3.16. The van der Waals surface area contributed by atoms with Crippen LogP contribution in [0, 0.1) is 11.3 Å². The van der Waals surface area contributed by atoms with Gasteiger partial charge in [0.15, 0.2) is 0 Å². The van der Waals surface area contributed by atoms with Crippen molar-refractivity contribution in [3.05, 3.63) is 48.0 Å². The molecule has 0 aliphatic carbocycles. The largest absolute Gasteiger partial charge is 0.480 e. The zero-order valence-corrected chi connectivity index (χ0v) is 11.2. The number of carboxylic acids is 1. The summed E-state index contributed by atoms with van der Waals surface area (Å²) in [4.78, 5) is 23.2. The van der Waals surface area contributed by atoms with Crippen LogP contribution in [-0.2, 0) is 4.79 Å². The van der Waals surface area contributed by atoms with E-state index in [0.717, 1.165) is 10.8 Å². The molecule has 0 bridgehead atoms. The number of rotatable bonds is 5. The normalized spacial score (nSPS) is 11.6. The van der Waals surface area contributed by atoms with Crippen LogP contribution in [0.5, 0.6) is 0 Å². The number of fused-ring (bicyclic) bond motifs is 1. The average Bonchev–Trinajstić information content (AvgIpc) is 2.50. The molecule has 2 N–H and O–H groups in total. The molecule has 0 aliphatic rings. The molecule has 0 heterocycles. The number of amides is 1. The highest BCUT2D eigenvalue weighted by Crippen LogP contribution is 2.15. The number of nitriles is 1. The van der Waals surface area contributed by atoms with Crippen LogP contribution < -0.4 is 5.32 Å². The van der Waals surface area contributed by atoms with Crippen molar-refractivity contribution >= 4 is 22.6 Å². The quantitative estimate of drug-likeness (QED) is 0.880. The predicted octanol–water partition coefficient (Wildman–Crippen LogP) is 2.33. The zero-order chi connectivity index (χ0) is 15.2. The molecule has 2 aromatic rings. The van der Waals surface area contributed by atoms with Crippen molar-refractivity contribution in [2.75, 3.05) is 0 Å². The minimum absolute atomic E-state index is 0.0783. The molecule has 1 amide bonds. The second kappa shape index (κ2) is 6.53. The van der Waals surface area contributed by atoms with Crippen molar-refractivity contribution in [3.63, 3.8) is 0 Å². The lowest BCUT2D eigenvalue weighted by Crippen LogP contribution is -2.40. The van der Waals surface area contributed by atoms with E-state index in [1.54, 1.807) is 12.1 Å². The molecule has 0 saturated heterocycles. The smallest absolute Gasteiger partial charge is 0.326 e. The van der Waals surface area contributed by atoms with Crippen molar-refractivity contribution in [2.45, 2.75) is 18.9 Å². The fourth-order valence-corrected chi connectivity index (χ4v) is 2.04. The Hall–Kier alpha value is -2.87. The first-order valence-electron chi connectivity index (χ1n) is 6.51. The third kappa shape index (κ3) is 3.57. The van der Waals surface area contributed by atoms with E-state index in [-0.39, 0.29) is 12.8 Å². The Morgan fingerprint density at radius 1 is 1.19 bits per heavy atom. The maximum absolute atomic E-state index is 12.1. The van der Waals surface area contributed by atoms with Gasteiger partial charge >= 0.3 is 5.97 Å². The van der Waals surface area contributed by atoms with Gasteiger partial charge in [0, 0.05) is 12.0 Å². The summed E-state index contributed by atoms with van der Waals surface area (Å²) in [7, 11) is 0. The summed E-state index contributed by atoms with van der Waals surface area (Å²) in [6, 6.07) is 13.6. The number of nitrogens with zero attached hydrogens (tertiary/aromatic N) is 1. The molecule has 0 fully saturated rings. The van der Waals surface area contributed by atoms with E-state index in [9.17, 15) is 9.59 Å². The number of carbonyl (C=O) groups excluding carboxylic acids is 1. The number of carbonyl (C=O) groups is 2. The van der Waals surface area contributed by atoms with Crippen molar-refractivity contribution in [1.82, 2.24) is 5.32 Å². The molecule has 0 saturated carbocycles. The number of nitrogens with one attached hydrogen (secondary N) is 1. The molecular formula is C16H14N2O3. The van der Waals surface area contributed by atoms with Crippen LogP contribution in [0.2, 0.25) is 0 Å². The molecular weight excluding hydrogens is 268 g/mol. The molecule has 5 heteroatoms. The minimum Gasteiger partial charge on any atom is -0.480 e. The van der Waals surface area contributed by atoms with Gasteiger partial charge in [-0.05, 0) is 29.3 Å². The van der Waals surface area contributed by atoms with Crippen molar-refractivity contribution in [1.29, 1.82) is 5.26 Å². The van der Waals surface area contributed by atoms with Gasteiger partial charge < -0.3 is 10.4 Å². The van der Waals surface area contributed by atoms with E-state index in [1.165, 1.54) is 0 Å². The Morgan fingerprint density at radius 2 is 1.90 bits per heavy atom. The molecule has 0 aliphatic heterocycles. The summed E-state index contributed by atoms with van der Waals surface area (Å²) in [5, 5.41) is 21.9. The molecule has 0 aromatic heterocycles. The van der Waals surface area contributed by atoms with Crippen LogP contribution in [0.3, 0.4) is 0 Å². The van der Waals surface area contributed by atoms with Crippen molar-refractivity contribution in [2.24, 2.45) is 0 Å². The summed E-state index contributed by atoms with van der Waals surface area (Å²) < 4.78 is 0. The number of carboxylic acid groups (broad SMARTS) is 1. The van der Waals surface area contributed by atoms with E-state index in [2.05, 4.69) is 5.32 Å². The fraction of sp³-hybridized carbons (Fsp3) is 0.188. The summed E-state index contributed by atoms with van der Waals surface area (Å²) >= 11 is 0. The average molecular weight is 282 g/mol. The summed E-state index contributed by atoms with van der Waals surface area (Å²) in [5.74, 6) is -1.59. The molecule has 21 heavy (non-hydrogen) atoms. The lowest BCUT2D eigenvalue weighted by atomic mass is 10.1. The molecule has 5 nitrogen and oxygen atoms in total. The second-order valence-electron chi connectivity index (χ2n) is 4.62. The molecule has 106 valence electrons. The first-order valence-corrected chi connectivity index (χ1v) is 6.51. The molecule has 0 radical (unpaired) electrons. The Balaban J connectivity index is 2.17. The fourth-order valence-electron chi connectivity index (χ4n) is 2.04. The van der Waals surface area contributed by atoms with E-state index in [4.69, 9.17) is 10.4 Å². The van der Waals surface area contributed by atoms with Crippen LogP contribution in [0.4, 0.5) is 0 Å². The van der Waals surface area contributed by atoms with Gasteiger partial charge in [-0.1, -0.05) is 30.3 Å². The summed E-state index contributed by atoms with van der Waals surface area (Å²) in [6.07, 6.45) is 0.167. The number of hydrogen-bond donors (Lipinski definition) is 2. The lowest BCUT2D eigenvalue weighted by molar-refractivity contribution is -0.139. The first-order chi connectivity index (χ1) is 10.1. The second-order valence-corrected chi connectivity index (χ2v) is 4.62. The SMILES string of the molecule is N#CCC[C@@H](NC(=O)c1ccc2ccccc2c1)C(=O)O. The Labute approximate surface area is 121 Å². The van der Waals surface area contributed by atoms with Gasteiger partial charge in [0.1, 0.15) is 6.04 Å². The zero-order valence-electron chi connectivity index (χ0n) is 11.2. The standard InChI is InChI=1S/C16H14N2O3/c17-9-3-6-14(16(20)21)18-15(19)13-8-7-11-4-1-2-5-12(11)10-13/h1-2,4-5,7-8,10,14H,3,6H2,(H,18,19)(H,20,21)/t14-/m1/s1. The van der Waals surface area contributed by atoms with Gasteiger partial charge in [-0.3, -0.25) is 4.79 Å². The summed E-state index contributed by atoms with van der Waals surface area (Å²) in [5.41, 5.74) is 0.400. The molecule has 1 atom stereocenters. The van der Waals surface area contributed by atoms with Crippen LogP contribution in [-0.4, -0.2) is 23.0 Å². The molecule has 0 unspecified atom stereocenters.